The first-order valence-corrected chi connectivity index (χ1v) is 7.50. The predicted molar refractivity (Wildman–Crippen MR) is 85.7 cm³/mol. The largest absolute Gasteiger partial charge is 0.496 e. The SMILES string of the molecule is COc1ccc(Br)cc1CC(CO)c1cccc(Cl)c1. The molecule has 2 aromatic rings. The number of benzene rings is 2. The second-order valence-corrected chi connectivity index (χ2v) is 5.95. The molecule has 0 aliphatic rings. The van der Waals surface area contributed by atoms with Crippen molar-refractivity contribution in [2.24, 2.45) is 0 Å². The Labute approximate surface area is 132 Å². The molecule has 0 radical (unpaired) electrons. The van der Waals surface area contributed by atoms with Crippen molar-refractivity contribution in [1.82, 2.24) is 0 Å². The Morgan fingerprint density at radius 1 is 1.25 bits per heavy atom. The van der Waals surface area contributed by atoms with Crippen LogP contribution in [0.1, 0.15) is 17.0 Å². The van der Waals surface area contributed by atoms with Gasteiger partial charge in [0.25, 0.3) is 0 Å². The number of ether oxygens (including phenoxy) is 1. The summed E-state index contributed by atoms with van der Waals surface area (Å²) in [6.45, 7) is 0.0655. The van der Waals surface area contributed by atoms with Crippen molar-refractivity contribution >= 4 is 27.5 Å². The number of aliphatic hydroxyl groups is 1. The molecule has 1 atom stereocenters. The van der Waals surface area contributed by atoms with Gasteiger partial charge in [-0.25, -0.2) is 0 Å². The first kappa shape index (κ1) is 15.4. The first-order valence-electron chi connectivity index (χ1n) is 6.32. The van der Waals surface area contributed by atoms with Crippen LogP contribution >= 0.6 is 27.5 Å². The number of aliphatic hydroxyl groups excluding tert-OH is 1. The summed E-state index contributed by atoms with van der Waals surface area (Å²) in [6.07, 6.45) is 0.694. The van der Waals surface area contributed by atoms with Crippen LogP contribution in [0.4, 0.5) is 0 Å². The zero-order valence-electron chi connectivity index (χ0n) is 11.1. The summed E-state index contributed by atoms with van der Waals surface area (Å²) < 4.78 is 6.37. The van der Waals surface area contributed by atoms with Crippen LogP contribution in [0, 0.1) is 0 Å². The Kier molecular flexibility index (Phi) is 5.46. The van der Waals surface area contributed by atoms with Gasteiger partial charge in [-0.3, -0.25) is 0 Å². The van der Waals surface area contributed by atoms with Gasteiger partial charge in [-0.1, -0.05) is 39.7 Å². The van der Waals surface area contributed by atoms with E-state index in [9.17, 15) is 5.11 Å². The third-order valence-corrected chi connectivity index (χ3v) is 3.98. The second kappa shape index (κ2) is 7.11. The minimum absolute atomic E-state index is 0.00287. The van der Waals surface area contributed by atoms with E-state index in [0.717, 1.165) is 21.3 Å². The van der Waals surface area contributed by atoms with E-state index in [0.29, 0.717) is 11.4 Å². The standard InChI is InChI=1S/C16H16BrClO2/c1-20-16-6-5-14(17)8-12(16)7-13(10-19)11-3-2-4-15(18)9-11/h2-6,8-9,13,19H,7,10H2,1H3. The van der Waals surface area contributed by atoms with E-state index in [-0.39, 0.29) is 12.5 Å². The van der Waals surface area contributed by atoms with Gasteiger partial charge in [-0.2, -0.15) is 0 Å². The Morgan fingerprint density at radius 2 is 2.05 bits per heavy atom. The molecule has 0 amide bonds. The van der Waals surface area contributed by atoms with E-state index in [1.165, 1.54) is 0 Å². The lowest BCUT2D eigenvalue weighted by atomic mass is 9.92. The summed E-state index contributed by atoms with van der Waals surface area (Å²) >= 11 is 9.48. The average Bonchev–Trinajstić information content (AvgIpc) is 2.45. The molecule has 0 spiro atoms. The molecule has 1 unspecified atom stereocenters. The van der Waals surface area contributed by atoms with Crippen LogP contribution in [-0.2, 0) is 6.42 Å². The molecule has 20 heavy (non-hydrogen) atoms. The van der Waals surface area contributed by atoms with Gasteiger partial charge < -0.3 is 9.84 Å². The molecular formula is C16H16BrClO2. The predicted octanol–water partition coefficient (Wildman–Crippen LogP) is 4.43. The summed E-state index contributed by atoms with van der Waals surface area (Å²) in [6, 6.07) is 13.5. The number of hydrogen-bond acceptors (Lipinski definition) is 2. The van der Waals surface area contributed by atoms with Crippen molar-refractivity contribution in [3.63, 3.8) is 0 Å². The molecule has 1 N–H and O–H groups in total. The number of rotatable bonds is 5. The van der Waals surface area contributed by atoms with Gasteiger partial charge in [0.2, 0.25) is 0 Å². The zero-order valence-corrected chi connectivity index (χ0v) is 13.5. The van der Waals surface area contributed by atoms with Gasteiger partial charge in [-0.15, -0.1) is 0 Å². The summed E-state index contributed by atoms with van der Waals surface area (Å²) in [7, 11) is 1.65. The van der Waals surface area contributed by atoms with Crippen LogP contribution in [0.15, 0.2) is 46.9 Å². The Bertz CT molecular complexity index is 586. The minimum atomic E-state index is -0.00287. The smallest absolute Gasteiger partial charge is 0.122 e. The van der Waals surface area contributed by atoms with Crippen molar-refractivity contribution in [3.05, 3.63) is 63.1 Å². The lowest BCUT2D eigenvalue weighted by Crippen LogP contribution is -2.08. The molecule has 0 aliphatic heterocycles. The van der Waals surface area contributed by atoms with Crippen LogP contribution in [0.3, 0.4) is 0 Å². The van der Waals surface area contributed by atoms with E-state index in [1.54, 1.807) is 7.11 Å². The molecule has 2 aromatic carbocycles. The Hall–Kier alpha value is -1.03. The second-order valence-electron chi connectivity index (χ2n) is 4.59. The highest BCUT2D eigenvalue weighted by atomic mass is 79.9. The molecule has 2 nitrogen and oxygen atoms in total. The van der Waals surface area contributed by atoms with Crippen LogP contribution in [0.2, 0.25) is 5.02 Å². The van der Waals surface area contributed by atoms with Crippen molar-refractivity contribution in [2.75, 3.05) is 13.7 Å². The molecule has 0 saturated heterocycles. The molecule has 0 bridgehead atoms. The summed E-state index contributed by atoms with van der Waals surface area (Å²) in [4.78, 5) is 0. The first-order chi connectivity index (χ1) is 9.63. The monoisotopic (exact) mass is 354 g/mol. The molecule has 0 heterocycles. The lowest BCUT2D eigenvalue weighted by Gasteiger charge is -2.17. The number of halogens is 2. The fraction of sp³-hybridized carbons (Fsp3) is 0.250. The topological polar surface area (TPSA) is 29.5 Å². The number of hydrogen-bond donors (Lipinski definition) is 1. The van der Waals surface area contributed by atoms with Crippen molar-refractivity contribution in [2.45, 2.75) is 12.3 Å². The molecular weight excluding hydrogens is 340 g/mol. The molecule has 0 aromatic heterocycles. The van der Waals surface area contributed by atoms with Crippen LogP contribution in [0.5, 0.6) is 5.75 Å². The van der Waals surface area contributed by atoms with E-state index < -0.39 is 0 Å². The van der Waals surface area contributed by atoms with Crippen LogP contribution < -0.4 is 4.74 Å². The number of methoxy groups -OCH3 is 1. The molecule has 0 saturated carbocycles. The molecule has 0 fully saturated rings. The quantitative estimate of drug-likeness (QED) is 0.860. The fourth-order valence-corrected chi connectivity index (χ4v) is 2.83. The molecule has 106 valence electrons. The van der Waals surface area contributed by atoms with Crippen molar-refractivity contribution in [3.8, 4) is 5.75 Å². The van der Waals surface area contributed by atoms with Gasteiger partial charge in [-0.05, 0) is 47.9 Å². The lowest BCUT2D eigenvalue weighted by molar-refractivity contribution is 0.263. The van der Waals surface area contributed by atoms with E-state index >= 15 is 0 Å². The summed E-state index contributed by atoms with van der Waals surface area (Å²) in [5, 5.41) is 10.4. The van der Waals surface area contributed by atoms with Crippen molar-refractivity contribution < 1.29 is 9.84 Å². The van der Waals surface area contributed by atoms with Crippen LogP contribution in [0.25, 0.3) is 0 Å². The maximum Gasteiger partial charge on any atom is 0.122 e. The van der Waals surface area contributed by atoms with Crippen LogP contribution in [-0.4, -0.2) is 18.8 Å². The Morgan fingerprint density at radius 3 is 2.70 bits per heavy atom. The van der Waals surface area contributed by atoms with Gasteiger partial charge in [0, 0.05) is 15.4 Å². The normalized spacial score (nSPS) is 12.2. The molecule has 4 heteroatoms. The minimum Gasteiger partial charge on any atom is -0.496 e. The van der Waals surface area contributed by atoms with E-state index in [4.69, 9.17) is 16.3 Å². The van der Waals surface area contributed by atoms with Gasteiger partial charge in [0.15, 0.2) is 0 Å². The van der Waals surface area contributed by atoms with Gasteiger partial charge >= 0.3 is 0 Å². The average molecular weight is 356 g/mol. The highest BCUT2D eigenvalue weighted by molar-refractivity contribution is 9.10. The Balaban J connectivity index is 2.28. The third kappa shape index (κ3) is 3.75. The van der Waals surface area contributed by atoms with E-state index in [2.05, 4.69) is 15.9 Å². The highest BCUT2D eigenvalue weighted by Crippen LogP contribution is 2.29. The maximum atomic E-state index is 9.67. The fourth-order valence-electron chi connectivity index (χ4n) is 2.22. The summed E-state index contributed by atoms with van der Waals surface area (Å²) in [5.41, 5.74) is 2.09. The zero-order chi connectivity index (χ0) is 14.5. The van der Waals surface area contributed by atoms with Gasteiger partial charge in [0.05, 0.1) is 13.7 Å². The van der Waals surface area contributed by atoms with Crippen molar-refractivity contribution in [1.29, 1.82) is 0 Å². The summed E-state index contributed by atoms with van der Waals surface area (Å²) in [5.74, 6) is 0.825. The highest BCUT2D eigenvalue weighted by Gasteiger charge is 2.15. The third-order valence-electron chi connectivity index (χ3n) is 3.25. The van der Waals surface area contributed by atoms with E-state index in [1.807, 2.05) is 42.5 Å². The van der Waals surface area contributed by atoms with Gasteiger partial charge in [0.1, 0.15) is 5.75 Å². The maximum absolute atomic E-state index is 9.67. The molecule has 2 rings (SSSR count). The molecule has 0 aliphatic carbocycles.